The second-order valence-electron chi connectivity index (χ2n) is 6.09. The molecule has 0 radical (unpaired) electrons. The van der Waals surface area contributed by atoms with Gasteiger partial charge in [-0.05, 0) is 53.0 Å². The lowest BCUT2D eigenvalue weighted by Gasteiger charge is -2.27. The fraction of sp³-hybridized carbons (Fsp3) is 0.0952. The van der Waals surface area contributed by atoms with Crippen molar-refractivity contribution >= 4 is 29.9 Å². The Hall–Kier alpha value is -2.64. The predicted octanol–water partition coefficient (Wildman–Crippen LogP) is 5.39. The quantitative estimate of drug-likeness (QED) is 0.387. The Morgan fingerprint density at radius 2 is 1.29 bits per heavy atom. The first-order valence-electron chi connectivity index (χ1n) is 8.26. The maximum absolute atomic E-state index is 13.5. The summed E-state index contributed by atoms with van der Waals surface area (Å²) in [6.07, 6.45) is 2.97. The Morgan fingerprint density at radius 3 is 1.68 bits per heavy atom. The zero-order valence-electron chi connectivity index (χ0n) is 14.6. The zero-order chi connectivity index (χ0) is 20.3. The third-order valence-electron chi connectivity index (χ3n) is 4.07. The van der Waals surface area contributed by atoms with E-state index >= 15 is 0 Å². The van der Waals surface area contributed by atoms with Crippen molar-refractivity contribution in [3.63, 3.8) is 0 Å². The Kier molecular flexibility index (Phi) is 6.16. The lowest BCUT2D eigenvalue weighted by atomic mass is 9.95. The molecule has 144 valence electrons. The second-order valence-corrected chi connectivity index (χ2v) is 7.15. The summed E-state index contributed by atoms with van der Waals surface area (Å²) in [6.45, 7) is 4.18. The highest BCUT2D eigenvalue weighted by atomic mass is 32.2. The number of carbonyl (C=O) groups excluding carboxylic acids is 1. The minimum absolute atomic E-state index is 0.267. The molecule has 2 nitrogen and oxygen atoms in total. The molecular weight excluding hydrogens is 390 g/mol. The number of hydrogen-bond donors (Lipinski definition) is 0. The van der Waals surface area contributed by atoms with Gasteiger partial charge in [-0.25, -0.2) is 21.9 Å². The van der Waals surface area contributed by atoms with Crippen LogP contribution in [-0.4, -0.2) is 23.2 Å². The smallest absolute Gasteiger partial charge is 0.187 e. The van der Waals surface area contributed by atoms with E-state index in [0.29, 0.717) is 22.3 Å². The highest BCUT2D eigenvalue weighted by molar-refractivity contribution is 7.99. The van der Waals surface area contributed by atoms with Gasteiger partial charge < -0.3 is 0 Å². The van der Waals surface area contributed by atoms with Crippen molar-refractivity contribution in [3.05, 3.63) is 93.9 Å². The van der Waals surface area contributed by atoms with Crippen molar-refractivity contribution in [3.8, 4) is 0 Å². The first-order valence-corrected chi connectivity index (χ1v) is 9.09. The van der Waals surface area contributed by atoms with Crippen molar-refractivity contribution in [1.82, 2.24) is 4.31 Å². The van der Waals surface area contributed by atoms with Gasteiger partial charge in [-0.2, -0.15) is 0 Å². The van der Waals surface area contributed by atoms with Crippen LogP contribution < -0.4 is 0 Å². The van der Waals surface area contributed by atoms with Crippen molar-refractivity contribution in [2.75, 3.05) is 13.1 Å². The molecule has 0 atom stereocenters. The van der Waals surface area contributed by atoms with Gasteiger partial charge in [0.2, 0.25) is 0 Å². The van der Waals surface area contributed by atoms with Crippen LogP contribution in [0.3, 0.4) is 0 Å². The average Bonchev–Trinajstić information content (AvgIpc) is 2.65. The summed E-state index contributed by atoms with van der Waals surface area (Å²) in [5, 5.41) is 1.60. The average molecular weight is 405 g/mol. The number of halogens is 4. The normalized spacial score (nSPS) is 18.1. The van der Waals surface area contributed by atoms with E-state index < -0.39 is 23.3 Å². The summed E-state index contributed by atoms with van der Waals surface area (Å²) in [6, 6.07) is 6.74. The van der Waals surface area contributed by atoms with E-state index in [1.807, 2.05) is 4.31 Å². The number of carbonyl (C=O) groups is 1. The number of piperidine rings is 1. The first kappa shape index (κ1) is 20.1. The van der Waals surface area contributed by atoms with Crippen LogP contribution in [0, 0.1) is 23.3 Å². The van der Waals surface area contributed by atoms with Gasteiger partial charge in [0.15, 0.2) is 29.1 Å². The molecule has 0 unspecified atom stereocenters. The molecule has 28 heavy (non-hydrogen) atoms. The summed E-state index contributed by atoms with van der Waals surface area (Å²) in [5.41, 5.74) is 1.42. The van der Waals surface area contributed by atoms with Crippen LogP contribution in [0.1, 0.15) is 11.1 Å². The van der Waals surface area contributed by atoms with Gasteiger partial charge >= 0.3 is 0 Å². The molecule has 1 saturated heterocycles. The van der Waals surface area contributed by atoms with Crippen molar-refractivity contribution in [2.24, 2.45) is 0 Å². The Labute approximate surface area is 164 Å². The molecule has 2 aromatic rings. The maximum Gasteiger partial charge on any atom is 0.187 e. The van der Waals surface area contributed by atoms with Gasteiger partial charge in [-0.1, -0.05) is 30.7 Å². The molecule has 1 fully saturated rings. The molecule has 3 rings (SSSR count). The topological polar surface area (TPSA) is 20.3 Å². The summed E-state index contributed by atoms with van der Waals surface area (Å²) < 4.78 is 55.0. The molecular formula is C21H15F4NOS. The predicted molar refractivity (Wildman–Crippen MR) is 103 cm³/mol. The van der Waals surface area contributed by atoms with Crippen LogP contribution in [-0.2, 0) is 4.79 Å². The molecule has 7 heteroatoms. The van der Waals surface area contributed by atoms with Gasteiger partial charge in [-0.15, -0.1) is 0 Å². The fourth-order valence-electron chi connectivity index (χ4n) is 2.79. The Morgan fingerprint density at radius 1 is 0.821 bits per heavy atom. The molecule has 0 bridgehead atoms. The van der Waals surface area contributed by atoms with Crippen LogP contribution in [0.4, 0.5) is 17.6 Å². The van der Waals surface area contributed by atoms with Gasteiger partial charge in [0.05, 0.1) is 0 Å². The third-order valence-corrected chi connectivity index (χ3v) is 4.77. The Bertz CT molecular complexity index is 926. The van der Waals surface area contributed by atoms with Crippen molar-refractivity contribution < 1.29 is 22.4 Å². The summed E-state index contributed by atoms with van der Waals surface area (Å²) in [7, 11) is 0. The largest absolute Gasteiger partial charge is 0.289 e. The zero-order valence-corrected chi connectivity index (χ0v) is 15.4. The van der Waals surface area contributed by atoms with Gasteiger partial charge in [-0.3, -0.25) is 4.79 Å². The first-order chi connectivity index (χ1) is 13.4. The maximum atomic E-state index is 13.5. The highest BCUT2D eigenvalue weighted by Gasteiger charge is 2.26. The molecule has 1 heterocycles. The number of nitrogens with zero attached hydrogens (tertiary/aromatic N) is 1. The molecule has 0 amide bonds. The molecule has 0 spiro atoms. The van der Waals surface area contributed by atoms with Crippen molar-refractivity contribution in [1.29, 1.82) is 0 Å². The minimum atomic E-state index is -1.01. The fourth-order valence-corrected chi connectivity index (χ4v) is 3.43. The lowest BCUT2D eigenvalue weighted by Crippen LogP contribution is -2.32. The van der Waals surface area contributed by atoms with Gasteiger partial charge in [0, 0.05) is 24.2 Å². The monoisotopic (exact) mass is 405 g/mol. The number of benzene rings is 2. The molecule has 1 aliphatic rings. The van der Waals surface area contributed by atoms with Crippen LogP contribution in [0.25, 0.3) is 12.2 Å². The third kappa shape index (κ3) is 4.61. The summed E-state index contributed by atoms with van der Waals surface area (Å²) in [4.78, 5) is 12.9. The summed E-state index contributed by atoms with van der Waals surface area (Å²) >= 11 is 1.29. The van der Waals surface area contributed by atoms with Gasteiger partial charge in [0.1, 0.15) is 0 Å². The van der Waals surface area contributed by atoms with E-state index in [4.69, 9.17) is 0 Å². The van der Waals surface area contributed by atoms with Crippen LogP contribution in [0.5, 0.6) is 0 Å². The molecule has 0 aromatic heterocycles. The highest BCUT2D eigenvalue weighted by Crippen LogP contribution is 2.27. The number of hydrogen-bond acceptors (Lipinski definition) is 3. The van der Waals surface area contributed by atoms with E-state index in [-0.39, 0.29) is 18.9 Å². The number of Topliss-reactive ketones (excluding diaryl/α,β-unsaturated/α-hetero) is 1. The number of rotatable bonds is 4. The van der Waals surface area contributed by atoms with Gasteiger partial charge in [0.25, 0.3) is 0 Å². The van der Waals surface area contributed by atoms with Crippen LogP contribution >= 0.6 is 11.9 Å². The molecule has 2 aromatic carbocycles. The standard InChI is InChI=1S/C21H15F4NOS/c1-2-28-26-11-15(7-13-3-5-17(22)19(24)9-13)21(27)16(12-26)8-14-4-6-18(23)20(25)10-14/h2-10H,1,11-12H2/b15-7+,16-8+. The van der Waals surface area contributed by atoms with Crippen LogP contribution in [0.15, 0.2) is 59.5 Å². The lowest BCUT2D eigenvalue weighted by molar-refractivity contribution is -0.113. The Balaban J connectivity index is 1.98. The van der Waals surface area contributed by atoms with Crippen molar-refractivity contribution in [2.45, 2.75) is 0 Å². The SMILES string of the molecule is C=CSN1C/C(=C\c2ccc(F)c(F)c2)C(=O)/C(=C/c2ccc(F)c(F)c2)C1. The minimum Gasteiger partial charge on any atom is -0.289 e. The molecule has 1 aliphatic heterocycles. The van der Waals surface area contributed by atoms with E-state index in [1.54, 1.807) is 5.41 Å². The number of ketones is 1. The van der Waals surface area contributed by atoms with E-state index in [2.05, 4.69) is 6.58 Å². The van der Waals surface area contributed by atoms with E-state index in [1.165, 1.54) is 36.2 Å². The van der Waals surface area contributed by atoms with Crippen LogP contribution in [0.2, 0.25) is 0 Å². The second kappa shape index (κ2) is 8.58. The molecule has 0 aliphatic carbocycles. The molecule has 0 saturated carbocycles. The van der Waals surface area contributed by atoms with E-state index in [0.717, 1.165) is 24.3 Å². The molecule has 0 N–H and O–H groups in total. The summed E-state index contributed by atoms with van der Waals surface area (Å²) in [5.74, 6) is -4.25. The van der Waals surface area contributed by atoms with E-state index in [9.17, 15) is 22.4 Å².